The molecule has 3 aromatic rings. The van der Waals surface area contributed by atoms with Crippen LogP contribution in [0, 0.1) is 6.92 Å². The zero-order chi connectivity index (χ0) is 24.0. The highest BCUT2D eigenvalue weighted by Crippen LogP contribution is 2.25. The second kappa shape index (κ2) is 10.6. The molecular weight excluding hydrogens is 464 g/mol. The summed E-state index contributed by atoms with van der Waals surface area (Å²) in [5.74, 6) is 0.736. The lowest BCUT2D eigenvalue weighted by atomic mass is 10.1. The van der Waals surface area contributed by atoms with Gasteiger partial charge in [0.2, 0.25) is 0 Å². The van der Waals surface area contributed by atoms with E-state index in [-0.39, 0.29) is 23.5 Å². The van der Waals surface area contributed by atoms with Crippen molar-refractivity contribution in [1.29, 1.82) is 0 Å². The number of nitrogens with one attached hydrogen (secondary N) is 2. The van der Waals surface area contributed by atoms with Gasteiger partial charge in [0.1, 0.15) is 11.5 Å². The molecule has 0 aromatic heterocycles. The van der Waals surface area contributed by atoms with Crippen molar-refractivity contribution >= 4 is 33.2 Å². The molecule has 33 heavy (non-hydrogen) atoms. The molecule has 0 heterocycles. The Balaban J connectivity index is 1.57. The third-order valence-electron chi connectivity index (χ3n) is 4.91. The molecule has 0 saturated heterocycles. The SMILES string of the molecule is COc1ccccc1[C@H](C)NC(=O)COc1ccc(S(=O)(=O)Nc2ccc(C)c(Cl)c2)cc1. The number of hydrogen-bond donors (Lipinski definition) is 2. The Bertz CT molecular complexity index is 1230. The average Bonchev–Trinajstić information content (AvgIpc) is 2.80. The van der Waals surface area contributed by atoms with Crippen molar-refractivity contribution in [1.82, 2.24) is 5.32 Å². The average molecular weight is 489 g/mol. The van der Waals surface area contributed by atoms with Crippen LogP contribution in [-0.4, -0.2) is 28.0 Å². The zero-order valence-corrected chi connectivity index (χ0v) is 20.0. The van der Waals surface area contributed by atoms with Crippen LogP contribution in [0.3, 0.4) is 0 Å². The third kappa shape index (κ3) is 6.40. The summed E-state index contributed by atoms with van der Waals surface area (Å²) in [5, 5.41) is 3.32. The predicted molar refractivity (Wildman–Crippen MR) is 128 cm³/mol. The highest BCUT2D eigenvalue weighted by Gasteiger charge is 2.16. The lowest BCUT2D eigenvalue weighted by Crippen LogP contribution is -2.31. The molecule has 0 bridgehead atoms. The number of benzene rings is 3. The first-order chi connectivity index (χ1) is 15.7. The summed E-state index contributed by atoms with van der Waals surface area (Å²) >= 11 is 6.06. The minimum atomic E-state index is -3.80. The Labute approximate surface area is 198 Å². The second-order valence-electron chi connectivity index (χ2n) is 7.36. The molecule has 2 N–H and O–H groups in total. The summed E-state index contributed by atoms with van der Waals surface area (Å²) in [6, 6.07) is 17.9. The number of methoxy groups -OCH3 is 1. The van der Waals surface area contributed by atoms with Gasteiger partial charge in [-0.15, -0.1) is 0 Å². The van der Waals surface area contributed by atoms with E-state index in [1.54, 1.807) is 25.3 Å². The Morgan fingerprint density at radius 1 is 1.06 bits per heavy atom. The maximum Gasteiger partial charge on any atom is 0.261 e. The molecule has 0 aliphatic carbocycles. The van der Waals surface area contributed by atoms with Gasteiger partial charge in [0.15, 0.2) is 6.61 Å². The van der Waals surface area contributed by atoms with E-state index in [0.717, 1.165) is 11.1 Å². The number of anilines is 1. The number of carbonyl (C=O) groups is 1. The molecule has 0 unspecified atom stereocenters. The number of para-hydroxylation sites is 1. The van der Waals surface area contributed by atoms with Crippen LogP contribution in [0.15, 0.2) is 71.6 Å². The van der Waals surface area contributed by atoms with Crippen LogP contribution in [-0.2, 0) is 14.8 Å². The van der Waals surface area contributed by atoms with Gasteiger partial charge in [0.25, 0.3) is 15.9 Å². The molecule has 0 radical (unpaired) electrons. The van der Waals surface area contributed by atoms with Crippen molar-refractivity contribution in [2.75, 3.05) is 18.4 Å². The van der Waals surface area contributed by atoms with Crippen molar-refractivity contribution in [2.45, 2.75) is 24.8 Å². The van der Waals surface area contributed by atoms with Crippen LogP contribution in [0.1, 0.15) is 24.1 Å². The number of carbonyl (C=O) groups excluding carboxylic acids is 1. The number of ether oxygens (including phenoxy) is 2. The maximum absolute atomic E-state index is 12.6. The van der Waals surface area contributed by atoms with Gasteiger partial charge in [0, 0.05) is 10.6 Å². The Morgan fingerprint density at radius 2 is 1.76 bits per heavy atom. The Morgan fingerprint density at radius 3 is 2.42 bits per heavy atom. The van der Waals surface area contributed by atoms with Crippen molar-refractivity contribution in [3.8, 4) is 11.5 Å². The number of hydrogen-bond acceptors (Lipinski definition) is 5. The summed E-state index contributed by atoms with van der Waals surface area (Å²) in [6.45, 7) is 3.47. The topological polar surface area (TPSA) is 93.7 Å². The second-order valence-corrected chi connectivity index (χ2v) is 9.45. The van der Waals surface area contributed by atoms with Crippen molar-refractivity contribution in [3.05, 3.63) is 82.9 Å². The number of amides is 1. The molecule has 7 nitrogen and oxygen atoms in total. The summed E-state index contributed by atoms with van der Waals surface area (Å²) in [5.41, 5.74) is 2.07. The minimum Gasteiger partial charge on any atom is -0.496 e. The molecule has 9 heteroatoms. The van der Waals surface area contributed by atoms with Crippen LogP contribution in [0.4, 0.5) is 5.69 Å². The third-order valence-corrected chi connectivity index (χ3v) is 6.72. The van der Waals surface area contributed by atoms with Gasteiger partial charge < -0.3 is 14.8 Å². The van der Waals surface area contributed by atoms with Gasteiger partial charge in [-0.25, -0.2) is 8.42 Å². The largest absolute Gasteiger partial charge is 0.496 e. The van der Waals surface area contributed by atoms with Gasteiger partial charge in [-0.1, -0.05) is 35.9 Å². The minimum absolute atomic E-state index is 0.0563. The van der Waals surface area contributed by atoms with Crippen molar-refractivity contribution in [2.24, 2.45) is 0 Å². The zero-order valence-electron chi connectivity index (χ0n) is 18.5. The Kier molecular flexibility index (Phi) is 7.84. The van der Waals surface area contributed by atoms with Gasteiger partial charge in [-0.2, -0.15) is 0 Å². The van der Waals surface area contributed by atoms with E-state index >= 15 is 0 Å². The van der Waals surface area contributed by atoms with Crippen LogP contribution < -0.4 is 19.5 Å². The first kappa shape index (κ1) is 24.4. The molecule has 174 valence electrons. The fraction of sp³-hybridized carbons (Fsp3) is 0.208. The summed E-state index contributed by atoms with van der Waals surface area (Å²) in [6.07, 6.45) is 0. The van der Waals surface area contributed by atoms with E-state index in [0.29, 0.717) is 22.2 Å². The molecule has 1 amide bonds. The fourth-order valence-corrected chi connectivity index (χ4v) is 4.35. The van der Waals surface area contributed by atoms with Crippen LogP contribution in [0.25, 0.3) is 0 Å². The highest BCUT2D eigenvalue weighted by atomic mass is 35.5. The first-order valence-corrected chi connectivity index (χ1v) is 12.0. The molecule has 1 atom stereocenters. The lowest BCUT2D eigenvalue weighted by Gasteiger charge is -2.17. The molecular formula is C24H25ClN2O5S. The van der Waals surface area contributed by atoms with E-state index in [1.165, 1.54) is 24.3 Å². The number of sulfonamides is 1. The van der Waals surface area contributed by atoms with E-state index in [4.69, 9.17) is 21.1 Å². The molecule has 0 aliphatic heterocycles. The van der Waals surface area contributed by atoms with Gasteiger partial charge in [-0.05, 0) is 61.9 Å². The molecule has 0 aliphatic rings. The predicted octanol–water partition coefficient (Wildman–Crippen LogP) is 4.71. The number of aryl methyl sites for hydroxylation is 1. The number of halogens is 1. The molecule has 0 fully saturated rings. The smallest absolute Gasteiger partial charge is 0.261 e. The van der Waals surface area contributed by atoms with Gasteiger partial charge in [0.05, 0.1) is 23.7 Å². The van der Waals surface area contributed by atoms with Crippen molar-refractivity contribution < 1.29 is 22.7 Å². The fourth-order valence-electron chi connectivity index (χ4n) is 3.12. The van der Waals surface area contributed by atoms with Crippen LogP contribution in [0.5, 0.6) is 11.5 Å². The lowest BCUT2D eigenvalue weighted by molar-refractivity contribution is -0.123. The Hall–Kier alpha value is -3.23. The molecule has 3 aromatic carbocycles. The van der Waals surface area contributed by atoms with Crippen LogP contribution in [0.2, 0.25) is 5.02 Å². The quantitative estimate of drug-likeness (QED) is 0.454. The summed E-state index contributed by atoms with van der Waals surface area (Å²) < 4.78 is 38.5. The highest BCUT2D eigenvalue weighted by molar-refractivity contribution is 7.92. The van der Waals surface area contributed by atoms with Gasteiger partial charge in [-0.3, -0.25) is 9.52 Å². The molecule has 0 saturated carbocycles. The van der Waals surface area contributed by atoms with E-state index in [2.05, 4.69) is 10.0 Å². The maximum atomic E-state index is 12.6. The summed E-state index contributed by atoms with van der Waals surface area (Å²) in [4.78, 5) is 12.3. The standard InChI is InChI=1S/C24H25ClN2O5S/c1-16-8-9-18(14-22(16)25)27-33(29,30)20-12-10-19(11-13-20)32-15-24(28)26-17(2)21-6-4-5-7-23(21)31-3/h4-14,17,27H,15H2,1-3H3,(H,26,28)/t17-/m0/s1. The first-order valence-electron chi connectivity index (χ1n) is 10.1. The van der Waals surface area contributed by atoms with E-state index < -0.39 is 10.0 Å². The molecule has 0 spiro atoms. The van der Waals surface area contributed by atoms with Gasteiger partial charge >= 0.3 is 0 Å². The van der Waals surface area contributed by atoms with E-state index in [9.17, 15) is 13.2 Å². The molecule has 3 rings (SSSR count). The number of rotatable bonds is 9. The summed E-state index contributed by atoms with van der Waals surface area (Å²) in [7, 11) is -2.22. The van der Waals surface area contributed by atoms with Crippen molar-refractivity contribution in [3.63, 3.8) is 0 Å². The normalized spacial score (nSPS) is 12.0. The van der Waals surface area contributed by atoms with Crippen LogP contribution >= 0.6 is 11.6 Å². The monoisotopic (exact) mass is 488 g/mol. The van der Waals surface area contributed by atoms with E-state index in [1.807, 2.05) is 38.1 Å².